The molecule has 1 N–H and O–H groups in total. The van der Waals surface area contributed by atoms with E-state index in [9.17, 15) is 4.79 Å². The molecule has 0 heterocycles. The average molecular weight is 267 g/mol. The van der Waals surface area contributed by atoms with Gasteiger partial charge in [0, 0.05) is 12.1 Å². The first-order valence-corrected chi connectivity index (χ1v) is 6.43. The molecule has 0 unspecified atom stereocenters. The standard InChI is InChI=1S/C17H17NO2/c1-3-11-18-17(19)14-7-9-15(10-8-14)20-16-6-4-5-13(2)12-16/h3-10,12H,1,11H2,2H3,(H,18,19). The highest BCUT2D eigenvalue weighted by atomic mass is 16.5. The zero-order valence-corrected chi connectivity index (χ0v) is 11.4. The van der Waals surface area contributed by atoms with Crippen molar-refractivity contribution in [1.29, 1.82) is 0 Å². The van der Waals surface area contributed by atoms with Crippen LogP contribution < -0.4 is 10.1 Å². The normalized spacial score (nSPS) is 9.85. The van der Waals surface area contributed by atoms with Gasteiger partial charge in [0.1, 0.15) is 11.5 Å². The van der Waals surface area contributed by atoms with Crippen LogP contribution in [0.5, 0.6) is 11.5 Å². The summed E-state index contributed by atoms with van der Waals surface area (Å²) in [5, 5.41) is 2.73. The van der Waals surface area contributed by atoms with Crippen molar-refractivity contribution in [2.45, 2.75) is 6.92 Å². The number of hydrogen-bond donors (Lipinski definition) is 1. The van der Waals surface area contributed by atoms with Crippen molar-refractivity contribution < 1.29 is 9.53 Å². The molecule has 0 bridgehead atoms. The number of carbonyl (C=O) groups excluding carboxylic acids is 1. The molecule has 1 amide bonds. The quantitative estimate of drug-likeness (QED) is 0.839. The van der Waals surface area contributed by atoms with Crippen molar-refractivity contribution in [3.05, 3.63) is 72.3 Å². The first-order valence-electron chi connectivity index (χ1n) is 6.43. The summed E-state index contributed by atoms with van der Waals surface area (Å²) in [7, 11) is 0. The zero-order valence-electron chi connectivity index (χ0n) is 11.4. The van der Waals surface area contributed by atoms with E-state index in [1.165, 1.54) is 0 Å². The number of benzene rings is 2. The molecule has 102 valence electrons. The number of ether oxygens (including phenoxy) is 1. The van der Waals surface area contributed by atoms with Crippen molar-refractivity contribution in [1.82, 2.24) is 5.32 Å². The molecule has 0 aliphatic heterocycles. The molecule has 3 nitrogen and oxygen atoms in total. The maximum atomic E-state index is 11.7. The molecule has 0 spiro atoms. The molecule has 0 aromatic heterocycles. The van der Waals surface area contributed by atoms with Gasteiger partial charge in [-0.1, -0.05) is 18.2 Å². The van der Waals surface area contributed by atoms with E-state index in [-0.39, 0.29) is 5.91 Å². The van der Waals surface area contributed by atoms with Crippen LogP contribution in [-0.2, 0) is 0 Å². The van der Waals surface area contributed by atoms with Gasteiger partial charge in [0.25, 0.3) is 5.91 Å². The number of aryl methyl sites for hydroxylation is 1. The fourth-order valence-corrected chi connectivity index (χ4v) is 1.76. The summed E-state index contributed by atoms with van der Waals surface area (Å²) in [5.41, 5.74) is 1.74. The topological polar surface area (TPSA) is 38.3 Å². The summed E-state index contributed by atoms with van der Waals surface area (Å²) in [6.07, 6.45) is 1.65. The largest absolute Gasteiger partial charge is 0.457 e. The summed E-state index contributed by atoms with van der Waals surface area (Å²) in [6.45, 7) is 6.03. The first kappa shape index (κ1) is 13.9. The predicted molar refractivity (Wildman–Crippen MR) is 80.2 cm³/mol. The van der Waals surface area contributed by atoms with Gasteiger partial charge in [0.15, 0.2) is 0 Å². The van der Waals surface area contributed by atoms with Gasteiger partial charge in [-0.15, -0.1) is 6.58 Å². The monoisotopic (exact) mass is 267 g/mol. The van der Waals surface area contributed by atoms with Crippen LogP contribution in [0.1, 0.15) is 15.9 Å². The Morgan fingerprint density at radius 2 is 1.95 bits per heavy atom. The predicted octanol–water partition coefficient (Wildman–Crippen LogP) is 3.70. The fraction of sp³-hybridized carbons (Fsp3) is 0.118. The van der Waals surface area contributed by atoms with E-state index < -0.39 is 0 Å². The van der Waals surface area contributed by atoms with Crippen molar-refractivity contribution in [3.8, 4) is 11.5 Å². The van der Waals surface area contributed by atoms with Crippen LogP contribution in [0.2, 0.25) is 0 Å². The number of carbonyl (C=O) groups is 1. The molecule has 0 aliphatic carbocycles. The van der Waals surface area contributed by atoms with E-state index in [0.29, 0.717) is 17.9 Å². The lowest BCUT2D eigenvalue weighted by molar-refractivity contribution is 0.0958. The van der Waals surface area contributed by atoms with Crippen molar-refractivity contribution in [2.75, 3.05) is 6.54 Å². The Balaban J connectivity index is 2.04. The SMILES string of the molecule is C=CCNC(=O)c1ccc(Oc2cccc(C)c2)cc1. The molecule has 0 saturated carbocycles. The zero-order chi connectivity index (χ0) is 14.4. The van der Waals surface area contributed by atoms with Crippen LogP contribution in [0.4, 0.5) is 0 Å². The van der Waals surface area contributed by atoms with Crippen LogP contribution in [-0.4, -0.2) is 12.5 Å². The van der Waals surface area contributed by atoms with Crippen LogP contribution in [0.3, 0.4) is 0 Å². The van der Waals surface area contributed by atoms with Crippen molar-refractivity contribution in [2.24, 2.45) is 0 Å². The van der Waals surface area contributed by atoms with Crippen molar-refractivity contribution in [3.63, 3.8) is 0 Å². The molecule has 2 aromatic carbocycles. The molecular weight excluding hydrogens is 250 g/mol. The van der Waals surface area contributed by atoms with E-state index in [1.807, 2.05) is 31.2 Å². The molecule has 2 aromatic rings. The lowest BCUT2D eigenvalue weighted by Crippen LogP contribution is -2.22. The third-order valence-electron chi connectivity index (χ3n) is 2.75. The van der Waals surface area contributed by atoms with Gasteiger partial charge in [-0.2, -0.15) is 0 Å². The van der Waals surface area contributed by atoms with Crippen LogP contribution in [0.25, 0.3) is 0 Å². The van der Waals surface area contributed by atoms with E-state index in [2.05, 4.69) is 11.9 Å². The summed E-state index contributed by atoms with van der Waals surface area (Å²) in [6, 6.07) is 14.9. The summed E-state index contributed by atoms with van der Waals surface area (Å²) in [5.74, 6) is 1.37. The maximum Gasteiger partial charge on any atom is 0.251 e. The Morgan fingerprint density at radius 3 is 2.60 bits per heavy atom. The highest BCUT2D eigenvalue weighted by Crippen LogP contribution is 2.22. The Bertz CT molecular complexity index is 603. The molecule has 20 heavy (non-hydrogen) atoms. The number of amides is 1. The van der Waals surface area contributed by atoms with E-state index >= 15 is 0 Å². The fourth-order valence-electron chi connectivity index (χ4n) is 1.76. The van der Waals surface area contributed by atoms with Gasteiger partial charge in [-0.25, -0.2) is 0 Å². The molecule has 0 atom stereocenters. The lowest BCUT2D eigenvalue weighted by atomic mass is 10.2. The van der Waals surface area contributed by atoms with E-state index in [1.54, 1.807) is 30.3 Å². The van der Waals surface area contributed by atoms with E-state index in [4.69, 9.17) is 4.74 Å². The van der Waals surface area contributed by atoms with Crippen LogP contribution >= 0.6 is 0 Å². The molecule has 0 saturated heterocycles. The molecule has 0 aliphatic rings. The molecule has 0 radical (unpaired) electrons. The van der Waals surface area contributed by atoms with Gasteiger partial charge in [0.05, 0.1) is 0 Å². The second kappa shape index (κ2) is 6.57. The Morgan fingerprint density at radius 1 is 1.20 bits per heavy atom. The first-order chi connectivity index (χ1) is 9.69. The minimum absolute atomic E-state index is 0.119. The molecule has 2 rings (SSSR count). The minimum atomic E-state index is -0.119. The Labute approximate surface area is 118 Å². The van der Waals surface area contributed by atoms with Crippen molar-refractivity contribution >= 4 is 5.91 Å². The number of nitrogens with one attached hydrogen (secondary N) is 1. The third-order valence-corrected chi connectivity index (χ3v) is 2.75. The molecular formula is C17H17NO2. The average Bonchev–Trinajstić information content (AvgIpc) is 2.45. The second-order valence-corrected chi connectivity index (χ2v) is 4.44. The number of hydrogen-bond acceptors (Lipinski definition) is 2. The minimum Gasteiger partial charge on any atom is -0.457 e. The van der Waals surface area contributed by atoms with Gasteiger partial charge in [0.2, 0.25) is 0 Å². The summed E-state index contributed by atoms with van der Waals surface area (Å²) >= 11 is 0. The summed E-state index contributed by atoms with van der Waals surface area (Å²) in [4.78, 5) is 11.7. The number of rotatable bonds is 5. The van der Waals surface area contributed by atoms with Gasteiger partial charge < -0.3 is 10.1 Å². The molecule has 3 heteroatoms. The van der Waals surface area contributed by atoms with Gasteiger partial charge in [-0.05, 0) is 48.9 Å². The van der Waals surface area contributed by atoms with Crippen LogP contribution in [0, 0.1) is 6.92 Å². The molecule has 0 fully saturated rings. The smallest absolute Gasteiger partial charge is 0.251 e. The van der Waals surface area contributed by atoms with E-state index in [0.717, 1.165) is 11.3 Å². The maximum absolute atomic E-state index is 11.7. The second-order valence-electron chi connectivity index (χ2n) is 4.44. The highest BCUT2D eigenvalue weighted by Gasteiger charge is 2.04. The lowest BCUT2D eigenvalue weighted by Gasteiger charge is -2.07. The van der Waals surface area contributed by atoms with Crippen LogP contribution in [0.15, 0.2) is 61.2 Å². The third kappa shape index (κ3) is 3.72. The Hall–Kier alpha value is -2.55. The highest BCUT2D eigenvalue weighted by molar-refractivity contribution is 5.94. The summed E-state index contributed by atoms with van der Waals surface area (Å²) < 4.78 is 5.73. The van der Waals surface area contributed by atoms with Gasteiger partial charge in [-0.3, -0.25) is 4.79 Å². The van der Waals surface area contributed by atoms with Gasteiger partial charge >= 0.3 is 0 Å². The Kier molecular flexibility index (Phi) is 4.56.